The number of nitrogens with two attached hydrogens (primary N) is 1. The van der Waals surface area contributed by atoms with Gasteiger partial charge in [-0.05, 0) is 11.4 Å². The first-order valence-corrected chi connectivity index (χ1v) is 7.08. The molecule has 0 aliphatic heterocycles. The number of nitrogens with one attached hydrogen (secondary N) is 1. The first-order chi connectivity index (χ1) is 8.65. The van der Waals surface area contributed by atoms with Gasteiger partial charge in [0, 0.05) is 11.9 Å². The summed E-state index contributed by atoms with van der Waals surface area (Å²) in [4.78, 5) is 18.6. The third-order valence-corrected chi connectivity index (χ3v) is 3.90. The lowest BCUT2D eigenvalue weighted by atomic mass is 10.4. The lowest BCUT2D eigenvalue weighted by Crippen LogP contribution is -2.27. The van der Waals surface area contributed by atoms with Gasteiger partial charge in [-0.1, -0.05) is 17.8 Å². The van der Waals surface area contributed by atoms with Gasteiger partial charge in [0.15, 0.2) is 0 Å². The molecule has 0 saturated heterocycles. The number of H-pyrrole nitrogens is 1. The van der Waals surface area contributed by atoms with Crippen LogP contribution in [-0.2, 0) is 11.3 Å². The maximum absolute atomic E-state index is 11.9. The summed E-state index contributed by atoms with van der Waals surface area (Å²) in [5.74, 6) is 0.604. The van der Waals surface area contributed by atoms with Gasteiger partial charge >= 0.3 is 0 Å². The van der Waals surface area contributed by atoms with Crippen LogP contribution in [0.1, 0.15) is 4.88 Å². The molecule has 96 valence electrons. The number of anilines is 1. The number of hydrogen-bond acceptors (Lipinski definition) is 6. The molecule has 2 aromatic heterocycles. The Kier molecular flexibility index (Phi) is 4.21. The molecule has 0 atom stereocenters. The van der Waals surface area contributed by atoms with E-state index in [0.717, 1.165) is 4.88 Å². The van der Waals surface area contributed by atoms with Gasteiger partial charge < -0.3 is 10.6 Å². The minimum Gasteiger partial charge on any atom is -0.368 e. The molecule has 0 bridgehead atoms. The average Bonchev–Trinajstić information content (AvgIpc) is 2.97. The number of nitrogen functional groups attached to an aromatic ring is 1. The normalized spacial score (nSPS) is 10.5. The van der Waals surface area contributed by atoms with Crippen molar-refractivity contribution in [1.82, 2.24) is 20.1 Å². The second-order valence-electron chi connectivity index (χ2n) is 3.62. The van der Waals surface area contributed by atoms with E-state index in [4.69, 9.17) is 5.73 Å². The third-order valence-electron chi connectivity index (χ3n) is 2.21. The molecule has 2 heterocycles. The fourth-order valence-electron chi connectivity index (χ4n) is 1.28. The SMILES string of the molecule is CN(Cc1cccs1)C(=O)CSc1n[nH]c(N)n1. The van der Waals surface area contributed by atoms with E-state index in [-0.39, 0.29) is 11.9 Å². The second-order valence-corrected chi connectivity index (χ2v) is 5.60. The molecule has 3 N–H and O–H groups in total. The van der Waals surface area contributed by atoms with Crippen LogP contribution in [0.4, 0.5) is 5.95 Å². The van der Waals surface area contributed by atoms with Gasteiger partial charge in [0.05, 0.1) is 12.3 Å². The smallest absolute Gasteiger partial charge is 0.233 e. The summed E-state index contributed by atoms with van der Waals surface area (Å²) < 4.78 is 0. The van der Waals surface area contributed by atoms with E-state index in [1.165, 1.54) is 11.8 Å². The molecule has 2 rings (SSSR count). The van der Waals surface area contributed by atoms with Crippen LogP contribution < -0.4 is 5.73 Å². The number of aromatic nitrogens is 3. The van der Waals surface area contributed by atoms with Crippen molar-refractivity contribution in [2.24, 2.45) is 0 Å². The minimum absolute atomic E-state index is 0.0387. The lowest BCUT2D eigenvalue weighted by Gasteiger charge is -2.15. The Morgan fingerprint density at radius 2 is 2.50 bits per heavy atom. The fourth-order valence-corrected chi connectivity index (χ4v) is 2.79. The summed E-state index contributed by atoms with van der Waals surface area (Å²) in [7, 11) is 1.79. The van der Waals surface area contributed by atoms with Crippen molar-refractivity contribution in [3.63, 3.8) is 0 Å². The van der Waals surface area contributed by atoms with Crippen LogP contribution in [0.2, 0.25) is 0 Å². The highest BCUT2D eigenvalue weighted by Crippen LogP contribution is 2.15. The van der Waals surface area contributed by atoms with Crippen molar-refractivity contribution in [3.05, 3.63) is 22.4 Å². The highest BCUT2D eigenvalue weighted by Gasteiger charge is 2.12. The van der Waals surface area contributed by atoms with Crippen LogP contribution >= 0.6 is 23.1 Å². The highest BCUT2D eigenvalue weighted by molar-refractivity contribution is 7.99. The number of rotatable bonds is 5. The van der Waals surface area contributed by atoms with E-state index in [0.29, 0.717) is 17.5 Å². The Bertz CT molecular complexity index is 510. The molecule has 6 nitrogen and oxygen atoms in total. The zero-order chi connectivity index (χ0) is 13.0. The molecule has 0 aliphatic rings. The van der Waals surface area contributed by atoms with Gasteiger partial charge in [-0.15, -0.1) is 16.4 Å². The van der Waals surface area contributed by atoms with Crippen LogP contribution in [0.25, 0.3) is 0 Å². The number of thiophene rings is 1. The van der Waals surface area contributed by atoms with Gasteiger partial charge in [0.2, 0.25) is 17.0 Å². The molecular formula is C10H13N5OS2. The molecule has 0 saturated carbocycles. The number of hydrogen-bond donors (Lipinski definition) is 2. The molecule has 0 aromatic carbocycles. The van der Waals surface area contributed by atoms with Gasteiger partial charge in [0.1, 0.15) is 0 Å². The molecule has 0 unspecified atom stereocenters. The van der Waals surface area contributed by atoms with Gasteiger partial charge in [-0.25, -0.2) is 5.10 Å². The summed E-state index contributed by atoms with van der Waals surface area (Å²) in [5, 5.41) is 8.88. The van der Waals surface area contributed by atoms with Crippen molar-refractivity contribution < 1.29 is 4.79 Å². The largest absolute Gasteiger partial charge is 0.368 e. The van der Waals surface area contributed by atoms with Gasteiger partial charge in [-0.2, -0.15) is 4.98 Å². The number of carbonyl (C=O) groups excluding carboxylic acids is 1. The van der Waals surface area contributed by atoms with Crippen molar-refractivity contribution in [1.29, 1.82) is 0 Å². The van der Waals surface area contributed by atoms with Crippen LogP contribution in [0.3, 0.4) is 0 Å². The maximum Gasteiger partial charge on any atom is 0.233 e. The number of carbonyl (C=O) groups is 1. The predicted molar refractivity (Wildman–Crippen MR) is 72.3 cm³/mol. The summed E-state index contributed by atoms with van der Waals surface area (Å²) in [6.45, 7) is 0.632. The molecule has 0 fully saturated rings. The van der Waals surface area contributed by atoms with E-state index in [1.54, 1.807) is 23.3 Å². The molecule has 0 radical (unpaired) electrons. The van der Waals surface area contributed by atoms with Gasteiger partial charge in [-0.3, -0.25) is 4.79 Å². The molecule has 1 amide bonds. The Labute approximate surface area is 113 Å². The molecule has 2 aromatic rings. The van der Waals surface area contributed by atoms with E-state index in [1.807, 2.05) is 17.5 Å². The zero-order valence-electron chi connectivity index (χ0n) is 9.79. The van der Waals surface area contributed by atoms with E-state index < -0.39 is 0 Å². The summed E-state index contributed by atoms with van der Waals surface area (Å²) >= 11 is 2.91. The third kappa shape index (κ3) is 3.47. The number of amides is 1. The van der Waals surface area contributed by atoms with Crippen molar-refractivity contribution in [3.8, 4) is 0 Å². The minimum atomic E-state index is 0.0387. The van der Waals surface area contributed by atoms with E-state index >= 15 is 0 Å². The molecule has 18 heavy (non-hydrogen) atoms. The molecule has 0 aliphatic carbocycles. The quantitative estimate of drug-likeness (QED) is 0.805. The monoisotopic (exact) mass is 283 g/mol. The first kappa shape index (κ1) is 12.9. The van der Waals surface area contributed by atoms with Crippen LogP contribution in [-0.4, -0.2) is 38.8 Å². The topological polar surface area (TPSA) is 87.9 Å². The van der Waals surface area contributed by atoms with Crippen molar-refractivity contribution >= 4 is 35.0 Å². The fraction of sp³-hybridized carbons (Fsp3) is 0.300. The summed E-state index contributed by atoms with van der Waals surface area (Å²) in [5.41, 5.74) is 5.40. The van der Waals surface area contributed by atoms with Crippen LogP contribution in [0, 0.1) is 0 Å². The molecule has 0 spiro atoms. The van der Waals surface area contributed by atoms with Crippen LogP contribution in [0.5, 0.6) is 0 Å². The highest BCUT2D eigenvalue weighted by atomic mass is 32.2. The Balaban J connectivity index is 1.80. The zero-order valence-corrected chi connectivity index (χ0v) is 11.4. The number of thioether (sulfide) groups is 1. The van der Waals surface area contributed by atoms with E-state index in [2.05, 4.69) is 15.2 Å². The van der Waals surface area contributed by atoms with Crippen LogP contribution in [0.15, 0.2) is 22.7 Å². The number of nitrogens with zero attached hydrogens (tertiary/aromatic N) is 3. The molecule has 8 heteroatoms. The maximum atomic E-state index is 11.9. The lowest BCUT2D eigenvalue weighted by molar-refractivity contribution is -0.127. The average molecular weight is 283 g/mol. The van der Waals surface area contributed by atoms with Crippen molar-refractivity contribution in [2.45, 2.75) is 11.7 Å². The molecular weight excluding hydrogens is 270 g/mol. The Hall–Kier alpha value is -1.54. The summed E-state index contributed by atoms with van der Waals surface area (Å²) in [6, 6.07) is 3.99. The van der Waals surface area contributed by atoms with Crippen molar-refractivity contribution in [2.75, 3.05) is 18.5 Å². The predicted octanol–water partition coefficient (Wildman–Crippen LogP) is 1.20. The Morgan fingerprint density at radius 3 is 3.11 bits per heavy atom. The van der Waals surface area contributed by atoms with E-state index in [9.17, 15) is 4.79 Å². The number of aromatic amines is 1. The Morgan fingerprint density at radius 1 is 1.67 bits per heavy atom. The van der Waals surface area contributed by atoms with Gasteiger partial charge in [0.25, 0.3) is 0 Å². The second kappa shape index (κ2) is 5.87. The standard InChI is InChI=1S/C10H13N5OS2/c1-15(5-7-3-2-4-17-7)8(16)6-18-10-12-9(11)13-14-10/h2-4H,5-6H2,1H3,(H3,11,12,13,14). The summed E-state index contributed by atoms with van der Waals surface area (Å²) in [6.07, 6.45) is 0. The first-order valence-electron chi connectivity index (χ1n) is 5.22.